The topological polar surface area (TPSA) is 15.3 Å². The molecule has 0 spiro atoms. The molecule has 1 N–H and O–H groups in total. The minimum atomic E-state index is 0.586. The van der Waals surface area contributed by atoms with Gasteiger partial charge in [0.25, 0.3) is 0 Å². The van der Waals surface area contributed by atoms with Gasteiger partial charge in [-0.1, -0.05) is 32.0 Å². The highest BCUT2D eigenvalue weighted by atomic mass is 15.1. The molecule has 1 aromatic carbocycles. The Bertz CT molecular complexity index is 307. The van der Waals surface area contributed by atoms with E-state index in [0.717, 1.165) is 13.1 Å². The summed E-state index contributed by atoms with van der Waals surface area (Å²) in [6, 6.07) is 8.69. The van der Waals surface area contributed by atoms with Gasteiger partial charge in [-0.2, -0.15) is 0 Å². The number of nitrogens with zero attached hydrogens (tertiary/aromatic N) is 1. The molecule has 90 valence electrons. The van der Waals surface area contributed by atoms with Gasteiger partial charge in [0.15, 0.2) is 0 Å². The number of nitrogens with one attached hydrogen (secondary N) is 1. The van der Waals surface area contributed by atoms with Crippen molar-refractivity contribution in [3.05, 3.63) is 29.8 Å². The van der Waals surface area contributed by atoms with Gasteiger partial charge in [0, 0.05) is 19.3 Å². The van der Waals surface area contributed by atoms with E-state index in [1.54, 1.807) is 0 Å². The van der Waals surface area contributed by atoms with Gasteiger partial charge in [-0.25, -0.2) is 0 Å². The van der Waals surface area contributed by atoms with Crippen LogP contribution < -0.4 is 10.2 Å². The highest BCUT2D eigenvalue weighted by molar-refractivity contribution is 5.54. The van der Waals surface area contributed by atoms with Crippen LogP contribution in [-0.2, 0) is 0 Å². The first kappa shape index (κ1) is 13.0. The lowest BCUT2D eigenvalue weighted by Crippen LogP contribution is -2.23. The smallest absolute Gasteiger partial charge is 0.0398 e. The summed E-state index contributed by atoms with van der Waals surface area (Å²) in [5, 5.41) is 3.19. The molecule has 0 unspecified atom stereocenters. The van der Waals surface area contributed by atoms with Crippen LogP contribution >= 0.6 is 0 Å². The van der Waals surface area contributed by atoms with Crippen molar-refractivity contribution in [1.82, 2.24) is 5.32 Å². The number of hydrogen-bond donors (Lipinski definition) is 1. The van der Waals surface area contributed by atoms with Gasteiger partial charge in [0.2, 0.25) is 0 Å². The molecule has 0 fully saturated rings. The normalized spacial score (nSPS) is 10.8. The predicted octanol–water partition coefficient (Wildman–Crippen LogP) is 2.86. The third-order valence-corrected chi connectivity index (χ3v) is 2.89. The zero-order chi connectivity index (χ0) is 12.0. The number of anilines is 1. The van der Waals surface area contributed by atoms with Gasteiger partial charge in [-0.05, 0) is 37.6 Å². The average molecular weight is 220 g/mol. The minimum absolute atomic E-state index is 0.586. The molecule has 1 aromatic rings. The molecule has 0 aliphatic rings. The van der Waals surface area contributed by atoms with Crippen molar-refractivity contribution >= 4 is 5.69 Å². The molecule has 1 rings (SSSR count). The maximum Gasteiger partial charge on any atom is 0.0398 e. The van der Waals surface area contributed by atoms with Crippen LogP contribution in [0.1, 0.15) is 31.7 Å². The summed E-state index contributed by atoms with van der Waals surface area (Å²) in [7, 11) is 4.18. The van der Waals surface area contributed by atoms with Crippen molar-refractivity contribution < 1.29 is 0 Å². The van der Waals surface area contributed by atoms with Gasteiger partial charge >= 0.3 is 0 Å². The fourth-order valence-corrected chi connectivity index (χ4v) is 1.94. The van der Waals surface area contributed by atoms with Gasteiger partial charge in [-0.15, -0.1) is 0 Å². The maximum atomic E-state index is 3.19. The lowest BCUT2D eigenvalue weighted by atomic mass is 10.0. The van der Waals surface area contributed by atoms with Crippen LogP contribution in [0.2, 0.25) is 0 Å². The predicted molar refractivity (Wildman–Crippen MR) is 72.3 cm³/mol. The first-order valence-corrected chi connectivity index (χ1v) is 6.11. The lowest BCUT2D eigenvalue weighted by molar-refractivity contribution is 0.709. The Hall–Kier alpha value is -1.02. The molecule has 0 aliphatic carbocycles. The Morgan fingerprint density at radius 1 is 1.25 bits per heavy atom. The molecule has 2 nitrogen and oxygen atoms in total. The van der Waals surface area contributed by atoms with E-state index in [1.165, 1.54) is 17.7 Å². The zero-order valence-corrected chi connectivity index (χ0v) is 11.0. The van der Waals surface area contributed by atoms with Crippen molar-refractivity contribution in [1.29, 1.82) is 0 Å². The average Bonchev–Trinajstić information content (AvgIpc) is 2.29. The van der Waals surface area contributed by atoms with Crippen molar-refractivity contribution in [2.24, 2.45) is 0 Å². The monoisotopic (exact) mass is 220 g/mol. The summed E-state index contributed by atoms with van der Waals surface area (Å²) in [5.74, 6) is 0.586. The van der Waals surface area contributed by atoms with Crippen LogP contribution in [0.3, 0.4) is 0 Å². The molecule has 0 aromatic heterocycles. The van der Waals surface area contributed by atoms with Crippen LogP contribution in [0.4, 0.5) is 5.69 Å². The second kappa shape index (κ2) is 6.54. The van der Waals surface area contributed by atoms with E-state index in [0.29, 0.717) is 5.92 Å². The maximum absolute atomic E-state index is 3.19. The summed E-state index contributed by atoms with van der Waals surface area (Å²) in [6.45, 7) is 6.68. The standard InChI is InChI=1S/C14H24N2/c1-12(2)13-8-5-6-9-14(13)16(4)11-7-10-15-3/h5-6,8-9,12,15H,7,10-11H2,1-4H3. The Labute approximate surface area is 99.7 Å². The fraction of sp³-hybridized carbons (Fsp3) is 0.571. The highest BCUT2D eigenvalue weighted by Crippen LogP contribution is 2.26. The van der Waals surface area contributed by atoms with E-state index in [9.17, 15) is 0 Å². The zero-order valence-electron chi connectivity index (χ0n) is 11.0. The molecule has 0 atom stereocenters. The van der Waals surface area contributed by atoms with Crippen LogP contribution in [0.5, 0.6) is 0 Å². The third kappa shape index (κ3) is 3.53. The van der Waals surface area contributed by atoms with Gasteiger partial charge in [0.1, 0.15) is 0 Å². The van der Waals surface area contributed by atoms with E-state index < -0.39 is 0 Å². The summed E-state index contributed by atoms with van der Waals surface area (Å²) < 4.78 is 0. The summed E-state index contributed by atoms with van der Waals surface area (Å²) in [5.41, 5.74) is 2.81. The first-order chi connectivity index (χ1) is 7.66. The molecule has 0 radical (unpaired) electrons. The SMILES string of the molecule is CNCCCN(C)c1ccccc1C(C)C. The lowest BCUT2D eigenvalue weighted by Gasteiger charge is -2.24. The number of para-hydroxylation sites is 1. The Morgan fingerprint density at radius 2 is 1.94 bits per heavy atom. The number of rotatable bonds is 6. The van der Waals surface area contributed by atoms with Crippen LogP contribution in [-0.4, -0.2) is 27.2 Å². The second-order valence-corrected chi connectivity index (χ2v) is 4.59. The summed E-state index contributed by atoms with van der Waals surface area (Å²) >= 11 is 0. The summed E-state index contributed by atoms with van der Waals surface area (Å²) in [4.78, 5) is 2.35. The van der Waals surface area contributed by atoms with E-state index in [1.807, 2.05) is 7.05 Å². The van der Waals surface area contributed by atoms with E-state index in [2.05, 4.69) is 55.4 Å². The molecular weight excluding hydrogens is 196 g/mol. The first-order valence-electron chi connectivity index (χ1n) is 6.11. The summed E-state index contributed by atoms with van der Waals surface area (Å²) in [6.07, 6.45) is 1.18. The van der Waals surface area contributed by atoms with Crippen molar-refractivity contribution in [3.8, 4) is 0 Å². The van der Waals surface area contributed by atoms with Crippen molar-refractivity contribution in [3.63, 3.8) is 0 Å². The van der Waals surface area contributed by atoms with E-state index in [-0.39, 0.29) is 0 Å². The van der Waals surface area contributed by atoms with Crippen LogP contribution in [0.25, 0.3) is 0 Å². The quantitative estimate of drug-likeness (QED) is 0.742. The van der Waals surface area contributed by atoms with Crippen LogP contribution in [0.15, 0.2) is 24.3 Å². The third-order valence-electron chi connectivity index (χ3n) is 2.89. The molecular formula is C14H24N2. The molecule has 0 amide bonds. The molecule has 0 heterocycles. The van der Waals surface area contributed by atoms with Crippen molar-refractivity contribution in [2.75, 3.05) is 32.1 Å². The molecule has 2 heteroatoms. The van der Waals surface area contributed by atoms with Crippen molar-refractivity contribution in [2.45, 2.75) is 26.2 Å². The molecule has 0 aliphatic heterocycles. The minimum Gasteiger partial charge on any atom is -0.374 e. The largest absolute Gasteiger partial charge is 0.374 e. The van der Waals surface area contributed by atoms with Gasteiger partial charge < -0.3 is 10.2 Å². The fourth-order valence-electron chi connectivity index (χ4n) is 1.94. The Kier molecular flexibility index (Phi) is 5.33. The molecule has 0 bridgehead atoms. The number of benzene rings is 1. The molecule has 16 heavy (non-hydrogen) atoms. The Morgan fingerprint density at radius 3 is 2.56 bits per heavy atom. The second-order valence-electron chi connectivity index (χ2n) is 4.59. The van der Waals surface area contributed by atoms with Crippen LogP contribution in [0, 0.1) is 0 Å². The molecule has 0 saturated heterocycles. The van der Waals surface area contributed by atoms with E-state index >= 15 is 0 Å². The Balaban J connectivity index is 2.70. The molecule has 0 saturated carbocycles. The van der Waals surface area contributed by atoms with E-state index in [4.69, 9.17) is 0 Å². The van der Waals surface area contributed by atoms with Gasteiger partial charge in [-0.3, -0.25) is 0 Å². The van der Waals surface area contributed by atoms with Gasteiger partial charge in [0.05, 0.1) is 0 Å². The number of hydrogen-bond acceptors (Lipinski definition) is 2. The highest BCUT2D eigenvalue weighted by Gasteiger charge is 2.08.